The molecular weight excluding hydrogens is 581 g/mol. The number of pyridine rings is 1. The lowest BCUT2D eigenvalue weighted by atomic mass is 9.95. The molecule has 44 heavy (non-hydrogen) atoms. The number of rotatable bonds is 7. The van der Waals surface area contributed by atoms with Gasteiger partial charge >= 0.3 is 6.01 Å². The van der Waals surface area contributed by atoms with Crippen LogP contribution in [-0.4, -0.2) is 82.6 Å². The molecule has 226 valence electrons. The molecule has 2 atom stereocenters. The van der Waals surface area contributed by atoms with Crippen molar-refractivity contribution >= 4 is 45.1 Å². The van der Waals surface area contributed by atoms with Crippen LogP contribution in [0.1, 0.15) is 24.8 Å². The fourth-order valence-electron chi connectivity index (χ4n) is 6.34. The van der Waals surface area contributed by atoms with E-state index in [1.165, 1.54) is 4.90 Å². The lowest BCUT2D eigenvalue weighted by Gasteiger charge is -2.41. The number of anilines is 1. The van der Waals surface area contributed by atoms with Crippen molar-refractivity contribution in [2.45, 2.75) is 38.3 Å². The standard InChI is InChI=1S/C33H33ClFN7O2/c1-20-26(25-10-4-7-22-8-5-11-27(34)28(22)25)17-37-30-29(20)38-33(44-19-24-9-6-14-40(24)3)39-31(30)41-15-16-42(32(43)21(2)35)23(18-41)12-13-36/h4-5,7-8,10-11,17,23-24H,2,6,9,12,14-16,18-19H2,1,3H3/t23-,24?/m0/s1. The Hall–Kier alpha value is -4.33. The van der Waals surface area contributed by atoms with Crippen molar-refractivity contribution in [1.82, 2.24) is 24.8 Å². The van der Waals surface area contributed by atoms with E-state index in [1.54, 1.807) is 0 Å². The number of piperazine rings is 1. The minimum absolute atomic E-state index is 0.0361. The van der Waals surface area contributed by atoms with Crippen LogP contribution in [0.3, 0.4) is 0 Å². The predicted molar refractivity (Wildman–Crippen MR) is 169 cm³/mol. The lowest BCUT2D eigenvalue weighted by molar-refractivity contribution is -0.131. The summed E-state index contributed by atoms with van der Waals surface area (Å²) in [6.07, 6.45) is 4.00. The molecule has 2 aromatic carbocycles. The molecule has 2 aliphatic rings. The van der Waals surface area contributed by atoms with Gasteiger partial charge in [-0.05, 0) is 55.9 Å². The summed E-state index contributed by atoms with van der Waals surface area (Å²) in [6, 6.07) is 14.0. The molecule has 2 saturated heterocycles. The van der Waals surface area contributed by atoms with E-state index >= 15 is 0 Å². The van der Waals surface area contributed by atoms with E-state index in [1.807, 2.05) is 54.4 Å². The molecule has 0 radical (unpaired) electrons. The number of nitrogens with zero attached hydrogens (tertiary/aromatic N) is 7. The number of likely N-dealkylation sites (N-methyl/N-ethyl adjacent to an activating group) is 1. The van der Waals surface area contributed by atoms with Crippen molar-refractivity contribution in [1.29, 1.82) is 5.26 Å². The van der Waals surface area contributed by atoms with Gasteiger partial charge in [0.1, 0.15) is 17.6 Å². The first-order valence-corrected chi connectivity index (χ1v) is 15.1. The molecule has 4 heterocycles. The normalized spacial score (nSPS) is 19.0. The van der Waals surface area contributed by atoms with E-state index in [0.717, 1.165) is 46.8 Å². The number of amides is 1. The number of aromatic nitrogens is 3. The van der Waals surface area contributed by atoms with Gasteiger partial charge < -0.3 is 19.4 Å². The van der Waals surface area contributed by atoms with Crippen molar-refractivity contribution in [3.05, 3.63) is 65.6 Å². The highest BCUT2D eigenvalue weighted by Crippen LogP contribution is 2.38. The third-order valence-electron chi connectivity index (χ3n) is 8.75. The maximum atomic E-state index is 13.8. The zero-order valence-electron chi connectivity index (χ0n) is 24.8. The Kier molecular flexibility index (Phi) is 8.34. The molecule has 2 aromatic heterocycles. The number of likely N-dealkylation sites (tertiary alicyclic amines) is 1. The van der Waals surface area contributed by atoms with Crippen LogP contribution in [0.4, 0.5) is 10.2 Å². The molecule has 1 unspecified atom stereocenters. The SMILES string of the molecule is C=C(F)C(=O)N1CCN(c2nc(OCC3CCCN3C)nc3c(C)c(-c4cccc5cccc(Cl)c45)cnc23)C[C@@H]1CC#N. The highest BCUT2D eigenvalue weighted by atomic mass is 35.5. The summed E-state index contributed by atoms with van der Waals surface area (Å²) in [6.45, 7) is 7.47. The number of aryl methyl sites for hydroxylation is 1. The van der Waals surface area contributed by atoms with Crippen LogP contribution in [0.5, 0.6) is 6.01 Å². The monoisotopic (exact) mass is 613 g/mol. The van der Waals surface area contributed by atoms with Crippen molar-refractivity contribution < 1.29 is 13.9 Å². The Labute approximate surface area is 260 Å². The highest BCUT2D eigenvalue weighted by molar-refractivity contribution is 6.36. The van der Waals surface area contributed by atoms with E-state index < -0.39 is 17.8 Å². The second kappa shape index (κ2) is 12.3. The molecule has 0 bridgehead atoms. The van der Waals surface area contributed by atoms with Gasteiger partial charge in [-0.3, -0.25) is 9.78 Å². The Morgan fingerprint density at radius 2 is 1.93 bits per heavy atom. The Morgan fingerprint density at radius 1 is 1.14 bits per heavy atom. The summed E-state index contributed by atoms with van der Waals surface area (Å²) in [7, 11) is 2.09. The van der Waals surface area contributed by atoms with E-state index in [2.05, 4.69) is 24.6 Å². The van der Waals surface area contributed by atoms with Gasteiger partial charge in [0.05, 0.1) is 18.5 Å². The molecule has 2 fully saturated rings. The molecule has 11 heteroatoms. The van der Waals surface area contributed by atoms with Crippen LogP contribution in [-0.2, 0) is 4.79 Å². The summed E-state index contributed by atoms with van der Waals surface area (Å²) in [4.78, 5) is 32.7. The van der Waals surface area contributed by atoms with E-state index in [0.29, 0.717) is 35.0 Å². The van der Waals surface area contributed by atoms with Gasteiger partial charge in [0, 0.05) is 47.8 Å². The Bertz CT molecular complexity index is 1800. The number of halogens is 2. The maximum absolute atomic E-state index is 13.8. The smallest absolute Gasteiger partial charge is 0.319 e. The second-order valence-electron chi connectivity index (χ2n) is 11.4. The maximum Gasteiger partial charge on any atom is 0.319 e. The zero-order valence-corrected chi connectivity index (χ0v) is 25.5. The fraction of sp³-hybridized carbons (Fsp3) is 0.364. The molecule has 9 nitrogen and oxygen atoms in total. The number of fused-ring (bicyclic) bond motifs is 2. The Morgan fingerprint density at radius 3 is 2.66 bits per heavy atom. The molecule has 4 aromatic rings. The largest absolute Gasteiger partial charge is 0.462 e. The van der Waals surface area contributed by atoms with Crippen LogP contribution < -0.4 is 9.64 Å². The molecule has 0 saturated carbocycles. The van der Waals surface area contributed by atoms with Crippen molar-refractivity contribution in [3.8, 4) is 23.2 Å². The van der Waals surface area contributed by atoms with Gasteiger partial charge in [-0.25, -0.2) is 4.39 Å². The fourth-order valence-corrected chi connectivity index (χ4v) is 6.63. The molecule has 0 N–H and O–H groups in total. The molecule has 2 aliphatic heterocycles. The average Bonchev–Trinajstić information content (AvgIpc) is 3.44. The molecule has 1 amide bonds. The Balaban J connectivity index is 1.45. The van der Waals surface area contributed by atoms with E-state index in [-0.39, 0.29) is 31.6 Å². The quantitative estimate of drug-likeness (QED) is 0.245. The lowest BCUT2D eigenvalue weighted by Crippen LogP contribution is -2.55. The van der Waals surface area contributed by atoms with Crippen molar-refractivity contribution in [3.63, 3.8) is 0 Å². The van der Waals surface area contributed by atoms with Gasteiger partial charge in [0.25, 0.3) is 5.91 Å². The topological polar surface area (TPSA) is 98.5 Å². The highest BCUT2D eigenvalue weighted by Gasteiger charge is 2.34. The predicted octanol–water partition coefficient (Wildman–Crippen LogP) is 5.69. The minimum atomic E-state index is -1.04. The van der Waals surface area contributed by atoms with Gasteiger partial charge in [0.15, 0.2) is 11.6 Å². The van der Waals surface area contributed by atoms with Gasteiger partial charge in [-0.15, -0.1) is 0 Å². The van der Waals surface area contributed by atoms with Gasteiger partial charge in [-0.1, -0.05) is 48.5 Å². The summed E-state index contributed by atoms with van der Waals surface area (Å²) in [5, 5.41) is 12.1. The van der Waals surface area contributed by atoms with Gasteiger partial charge in [-0.2, -0.15) is 15.2 Å². The third kappa shape index (κ3) is 5.53. The average molecular weight is 614 g/mol. The summed E-state index contributed by atoms with van der Waals surface area (Å²) in [5.41, 5.74) is 3.95. The number of hydrogen-bond donors (Lipinski definition) is 0. The number of benzene rings is 2. The third-order valence-corrected chi connectivity index (χ3v) is 9.06. The van der Waals surface area contributed by atoms with Crippen molar-refractivity contribution in [2.24, 2.45) is 0 Å². The number of carbonyl (C=O) groups is 1. The van der Waals surface area contributed by atoms with Gasteiger partial charge in [0.2, 0.25) is 0 Å². The molecule has 0 spiro atoms. The first-order chi connectivity index (χ1) is 21.3. The minimum Gasteiger partial charge on any atom is -0.462 e. The number of ether oxygens (including phenoxy) is 1. The van der Waals surface area contributed by atoms with Crippen LogP contribution in [0.15, 0.2) is 55.0 Å². The van der Waals surface area contributed by atoms with E-state index in [4.69, 9.17) is 31.3 Å². The molecule has 0 aliphatic carbocycles. The van der Waals surface area contributed by atoms with Crippen LogP contribution in [0.2, 0.25) is 5.02 Å². The van der Waals surface area contributed by atoms with E-state index in [9.17, 15) is 14.4 Å². The van der Waals surface area contributed by atoms with Crippen LogP contribution >= 0.6 is 11.6 Å². The van der Waals surface area contributed by atoms with Crippen LogP contribution in [0.25, 0.3) is 32.9 Å². The summed E-state index contributed by atoms with van der Waals surface area (Å²) < 4.78 is 20.1. The number of hydrogen-bond acceptors (Lipinski definition) is 8. The van der Waals surface area contributed by atoms with Crippen molar-refractivity contribution in [2.75, 3.05) is 44.7 Å². The second-order valence-corrected chi connectivity index (χ2v) is 11.8. The zero-order chi connectivity index (χ0) is 31.0. The molecular formula is C33H33ClFN7O2. The number of carbonyl (C=O) groups excluding carboxylic acids is 1. The molecule has 6 rings (SSSR count). The summed E-state index contributed by atoms with van der Waals surface area (Å²) in [5.74, 6) is -1.29. The first kappa shape index (κ1) is 29.7. The first-order valence-electron chi connectivity index (χ1n) is 14.7. The van der Waals surface area contributed by atoms with Crippen LogP contribution in [0, 0.1) is 18.3 Å². The number of nitriles is 1. The summed E-state index contributed by atoms with van der Waals surface area (Å²) >= 11 is 6.69.